The van der Waals surface area contributed by atoms with Crippen molar-refractivity contribution in [1.29, 1.82) is 0 Å². The minimum atomic E-state index is 0.319. The van der Waals surface area contributed by atoms with Gasteiger partial charge in [-0.05, 0) is 11.5 Å². The minimum Gasteiger partial charge on any atom is -0.367 e. The Bertz CT molecular complexity index is 396. The van der Waals surface area contributed by atoms with Crippen LogP contribution in [0.15, 0.2) is 6.20 Å². The molecule has 0 atom stereocenters. The van der Waals surface area contributed by atoms with E-state index in [2.05, 4.69) is 18.9 Å². The molecular formula is C6H8N6S2. The first-order valence-electron chi connectivity index (χ1n) is 3.82. The van der Waals surface area contributed by atoms with Crippen molar-refractivity contribution in [3.05, 3.63) is 11.1 Å². The molecule has 0 saturated heterocycles. The third-order valence-corrected chi connectivity index (χ3v) is 3.05. The summed E-state index contributed by atoms with van der Waals surface area (Å²) < 4.78 is 7.69. The van der Waals surface area contributed by atoms with Gasteiger partial charge in [-0.15, -0.1) is 5.10 Å². The molecule has 0 aliphatic rings. The molecule has 2 N–H and O–H groups in total. The molecule has 0 saturated carbocycles. The smallest absolute Gasteiger partial charge is 0.233 e. The molecule has 0 aromatic carbocycles. The number of nitrogen functional groups attached to an aromatic ring is 1. The van der Waals surface area contributed by atoms with E-state index in [1.54, 1.807) is 6.20 Å². The quantitative estimate of drug-likeness (QED) is 0.829. The first kappa shape index (κ1) is 9.28. The second-order valence-electron chi connectivity index (χ2n) is 2.68. The van der Waals surface area contributed by atoms with E-state index < -0.39 is 0 Å². The molecule has 2 heterocycles. The second-order valence-corrected chi connectivity index (χ2v) is 4.28. The Morgan fingerprint density at radius 2 is 2.36 bits per heavy atom. The Morgan fingerprint density at radius 3 is 2.93 bits per heavy atom. The van der Waals surface area contributed by atoms with Crippen LogP contribution in [0.3, 0.4) is 0 Å². The molecule has 2 aromatic rings. The van der Waals surface area contributed by atoms with Gasteiger partial charge in [0, 0.05) is 18.6 Å². The van der Waals surface area contributed by atoms with Crippen LogP contribution < -0.4 is 10.6 Å². The van der Waals surface area contributed by atoms with E-state index in [1.165, 1.54) is 23.1 Å². The summed E-state index contributed by atoms with van der Waals surface area (Å²) in [4.78, 5) is 7.11. The number of rotatable bonds is 3. The van der Waals surface area contributed by atoms with E-state index in [1.807, 2.05) is 11.9 Å². The summed E-state index contributed by atoms with van der Waals surface area (Å²) in [6.07, 6.45) is 1.74. The lowest BCUT2D eigenvalue weighted by atomic mass is 10.5. The third kappa shape index (κ3) is 1.96. The molecule has 2 aromatic heterocycles. The van der Waals surface area contributed by atoms with Crippen LogP contribution in [0, 0.1) is 0 Å². The minimum absolute atomic E-state index is 0.319. The predicted molar refractivity (Wildman–Crippen MR) is 56.3 cm³/mol. The number of hydrogen-bond donors (Lipinski definition) is 1. The van der Waals surface area contributed by atoms with E-state index in [0.29, 0.717) is 5.95 Å². The Morgan fingerprint density at radius 1 is 1.50 bits per heavy atom. The number of nitrogens with two attached hydrogens (primary N) is 1. The van der Waals surface area contributed by atoms with E-state index in [4.69, 9.17) is 5.73 Å². The zero-order chi connectivity index (χ0) is 9.97. The fraction of sp³-hybridized carbons (Fsp3) is 0.333. The van der Waals surface area contributed by atoms with Crippen LogP contribution in [0.4, 0.5) is 11.1 Å². The summed E-state index contributed by atoms with van der Waals surface area (Å²) in [6.45, 7) is 0.728. The summed E-state index contributed by atoms with van der Waals surface area (Å²) >= 11 is 2.66. The summed E-state index contributed by atoms with van der Waals surface area (Å²) in [6, 6.07) is 0. The van der Waals surface area contributed by atoms with Crippen LogP contribution in [0.25, 0.3) is 0 Å². The molecule has 0 aliphatic carbocycles. The van der Waals surface area contributed by atoms with Crippen molar-refractivity contribution in [2.45, 2.75) is 6.54 Å². The van der Waals surface area contributed by atoms with Gasteiger partial charge in [-0.1, -0.05) is 4.49 Å². The number of hydrogen-bond acceptors (Lipinski definition) is 8. The molecule has 74 valence electrons. The van der Waals surface area contributed by atoms with Crippen LogP contribution in [0.2, 0.25) is 0 Å². The monoisotopic (exact) mass is 228 g/mol. The number of nitrogens with zero attached hydrogens (tertiary/aromatic N) is 5. The standard InChI is InChI=1S/C6H8N6S2/c1-12(3-4-2-8-11-13-4)6-9-5(7)10-14-6/h2H,3H2,1H3,(H2,7,10). The van der Waals surface area contributed by atoms with Crippen molar-refractivity contribution in [1.82, 2.24) is 18.9 Å². The zero-order valence-corrected chi connectivity index (χ0v) is 9.05. The zero-order valence-electron chi connectivity index (χ0n) is 7.41. The average molecular weight is 228 g/mol. The Balaban J connectivity index is 2.06. The highest BCUT2D eigenvalue weighted by atomic mass is 32.1. The summed E-state index contributed by atoms with van der Waals surface area (Å²) in [5.74, 6) is 0.319. The van der Waals surface area contributed by atoms with E-state index in [0.717, 1.165) is 16.6 Å². The highest BCUT2D eigenvalue weighted by Crippen LogP contribution is 2.19. The first-order chi connectivity index (χ1) is 6.75. The Labute approximate surface area is 88.7 Å². The fourth-order valence-corrected chi connectivity index (χ4v) is 2.04. The van der Waals surface area contributed by atoms with E-state index in [-0.39, 0.29) is 0 Å². The molecule has 2 rings (SSSR count). The highest BCUT2D eigenvalue weighted by molar-refractivity contribution is 7.10. The van der Waals surface area contributed by atoms with Crippen molar-refractivity contribution in [2.75, 3.05) is 17.7 Å². The lowest BCUT2D eigenvalue weighted by Gasteiger charge is -2.12. The van der Waals surface area contributed by atoms with Gasteiger partial charge in [0.15, 0.2) is 0 Å². The molecule has 0 fully saturated rings. The van der Waals surface area contributed by atoms with Gasteiger partial charge < -0.3 is 10.6 Å². The van der Waals surface area contributed by atoms with Gasteiger partial charge in [-0.2, -0.15) is 9.36 Å². The maximum atomic E-state index is 5.43. The van der Waals surface area contributed by atoms with E-state index >= 15 is 0 Å². The average Bonchev–Trinajstić information content (AvgIpc) is 2.75. The van der Waals surface area contributed by atoms with Gasteiger partial charge in [0.1, 0.15) is 0 Å². The number of aromatic nitrogens is 4. The molecule has 0 spiro atoms. The van der Waals surface area contributed by atoms with Crippen LogP contribution in [0.1, 0.15) is 4.88 Å². The molecular weight excluding hydrogens is 220 g/mol. The van der Waals surface area contributed by atoms with Crippen LogP contribution in [0.5, 0.6) is 0 Å². The maximum Gasteiger partial charge on any atom is 0.233 e. The largest absolute Gasteiger partial charge is 0.367 e. The molecule has 0 aliphatic heterocycles. The SMILES string of the molecule is CN(Cc1cnns1)c1nc(N)ns1. The Hall–Kier alpha value is -1.28. The molecule has 8 heteroatoms. The fourth-order valence-electron chi connectivity index (χ4n) is 0.940. The first-order valence-corrected chi connectivity index (χ1v) is 5.37. The summed E-state index contributed by atoms with van der Waals surface area (Å²) in [7, 11) is 1.93. The van der Waals surface area contributed by atoms with Crippen molar-refractivity contribution in [3.63, 3.8) is 0 Å². The van der Waals surface area contributed by atoms with Crippen LogP contribution in [-0.4, -0.2) is 26.0 Å². The van der Waals surface area contributed by atoms with Gasteiger partial charge in [0.25, 0.3) is 0 Å². The molecule has 14 heavy (non-hydrogen) atoms. The molecule has 0 unspecified atom stereocenters. The summed E-state index contributed by atoms with van der Waals surface area (Å²) in [5.41, 5.74) is 5.43. The van der Waals surface area contributed by atoms with Crippen molar-refractivity contribution in [2.24, 2.45) is 0 Å². The summed E-state index contributed by atoms with van der Waals surface area (Å²) in [5, 5.41) is 4.56. The van der Waals surface area contributed by atoms with Crippen molar-refractivity contribution < 1.29 is 0 Å². The van der Waals surface area contributed by atoms with Crippen LogP contribution >= 0.6 is 23.1 Å². The number of anilines is 2. The van der Waals surface area contributed by atoms with Gasteiger partial charge in [-0.3, -0.25) is 0 Å². The normalized spacial score (nSPS) is 10.4. The van der Waals surface area contributed by atoms with Gasteiger partial charge in [0.2, 0.25) is 11.1 Å². The molecule has 0 bridgehead atoms. The highest BCUT2D eigenvalue weighted by Gasteiger charge is 2.08. The predicted octanol–water partition coefficient (Wildman–Crippen LogP) is 0.608. The van der Waals surface area contributed by atoms with Crippen molar-refractivity contribution >= 4 is 34.1 Å². The van der Waals surface area contributed by atoms with Gasteiger partial charge >= 0.3 is 0 Å². The molecule has 0 radical (unpaired) electrons. The molecule has 0 amide bonds. The Kier molecular flexibility index (Phi) is 2.55. The topological polar surface area (TPSA) is 80.8 Å². The second kappa shape index (κ2) is 3.84. The van der Waals surface area contributed by atoms with Gasteiger partial charge in [0.05, 0.1) is 17.6 Å². The third-order valence-electron chi connectivity index (χ3n) is 1.56. The lowest BCUT2D eigenvalue weighted by molar-refractivity contribution is 0.927. The van der Waals surface area contributed by atoms with Crippen LogP contribution in [-0.2, 0) is 6.54 Å². The van der Waals surface area contributed by atoms with Gasteiger partial charge in [-0.25, -0.2) is 0 Å². The molecule has 6 nitrogen and oxygen atoms in total. The lowest BCUT2D eigenvalue weighted by Crippen LogP contribution is -2.15. The van der Waals surface area contributed by atoms with Crippen molar-refractivity contribution in [3.8, 4) is 0 Å². The maximum absolute atomic E-state index is 5.43. The van der Waals surface area contributed by atoms with E-state index in [9.17, 15) is 0 Å².